The maximum absolute atomic E-state index is 14.0. The molecule has 1 aliphatic rings. The van der Waals surface area contributed by atoms with Crippen LogP contribution in [0.1, 0.15) is 29.8 Å². The van der Waals surface area contributed by atoms with Crippen molar-refractivity contribution >= 4 is 22.5 Å². The number of benzene rings is 2. The Hall–Kier alpha value is -3.77. The fourth-order valence-electron chi connectivity index (χ4n) is 3.86. The van der Waals surface area contributed by atoms with Gasteiger partial charge in [-0.15, -0.1) is 0 Å². The average Bonchev–Trinajstić information content (AvgIpc) is 2.75. The van der Waals surface area contributed by atoms with Gasteiger partial charge in [0, 0.05) is 28.9 Å². The minimum absolute atomic E-state index is 0.135. The Bertz CT molecular complexity index is 1280. The van der Waals surface area contributed by atoms with Crippen molar-refractivity contribution in [2.24, 2.45) is 0 Å². The van der Waals surface area contributed by atoms with Crippen LogP contribution in [0.2, 0.25) is 0 Å². The number of likely N-dealkylation sites (N-methyl/N-ethyl adjacent to an activating group) is 1. The molecule has 4 rings (SSSR count). The van der Waals surface area contributed by atoms with Crippen LogP contribution in [0, 0.1) is 23.0 Å². The molecule has 0 fully saturated rings. The molecule has 2 amide bonds. The van der Waals surface area contributed by atoms with Crippen molar-refractivity contribution in [3.63, 3.8) is 0 Å². The van der Waals surface area contributed by atoms with E-state index in [1.807, 2.05) is 0 Å². The van der Waals surface area contributed by atoms with E-state index in [1.165, 1.54) is 35.2 Å². The number of nitrogens with one attached hydrogen (secondary N) is 2. The summed E-state index contributed by atoms with van der Waals surface area (Å²) < 4.78 is 33.2. The summed E-state index contributed by atoms with van der Waals surface area (Å²) in [5.41, 5.74) is 0.816. The summed E-state index contributed by atoms with van der Waals surface area (Å²) in [4.78, 5) is 29.7. The molecule has 0 saturated carbocycles. The van der Waals surface area contributed by atoms with Crippen LogP contribution < -0.4 is 10.9 Å². The number of nitrogens with zero attached hydrogens (tertiary/aromatic N) is 2. The van der Waals surface area contributed by atoms with E-state index in [0.717, 1.165) is 6.07 Å². The van der Waals surface area contributed by atoms with E-state index in [1.54, 1.807) is 13.0 Å². The van der Waals surface area contributed by atoms with Crippen LogP contribution in [0.25, 0.3) is 10.8 Å². The maximum Gasteiger partial charge on any atom is 0.322 e. The van der Waals surface area contributed by atoms with Gasteiger partial charge in [0.2, 0.25) is 0 Å². The molecule has 1 atom stereocenters. The number of aromatic nitrogens is 1. The molecule has 158 valence electrons. The fourth-order valence-corrected chi connectivity index (χ4v) is 3.86. The Kier molecular flexibility index (Phi) is 5.40. The highest BCUT2D eigenvalue weighted by atomic mass is 19.1. The van der Waals surface area contributed by atoms with Gasteiger partial charge in [-0.3, -0.25) is 4.79 Å². The highest BCUT2D eigenvalue weighted by molar-refractivity contribution is 5.91. The lowest BCUT2D eigenvalue weighted by Crippen LogP contribution is -2.42. The van der Waals surface area contributed by atoms with Crippen molar-refractivity contribution in [1.29, 1.82) is 5.26 Å². The third-order valence-corrected chi connectivity index (χ3v) is 5.28. The van der Waals surface area contributed by atoms with Gasteiger partial charge in [0.15, 0.2) is 0 Å². The molecule has 1 aromatic heterocycles. The number of hydrogen-bond donors (Lipinski definition) is 2. The molecule has 1 unspecified atom stereocenters. The molecule has 9 heteroatoms. The van der Waals surface area contributed by atoms with Gasteiger partial charge in [0.05, 0.1) is 24.8 Å². The van der Waals surface area contributed by atoms with E-state index in [4.69, 9.17) is 10.00 Å². The summed E-state index contributed by atoms with van der Waals surface area (Å²) in [5, 5.41) is 12.4. The van der Waals surface area contributed by atoms with Gasteiger partial charge in [-0.05, 0) is 48.7 Å². The SMILES string of the molecule is CCN(C(=O)Nc1ccc(F)c(C#N)c1)C1COCc2[nH]c(=O)c3ccc(F)cc3c21. The minimum Gasteiger partial charge on any atom is -0.373 e. The summed E-state index contributed by atoms with van der Waals surface area (Å²) in [6.07, 6.45) is 0. The Morgan fingerprint density at radius 3 is 2.84 bits per heavy atom. The number of urea groups is 1. The number of anilines is 1. The van der Waals surface area contributed by atoms with Crippen LogP contribution in [0.3, 0.4) is 0 Å². The second-order valence-electron chi connectivity index (χ2n) is 7.09. The zero-order valence-electron chi connectivity index (χ0n) is 16.5. The first-order valence-corrected chi connectivity index (χ1v) is 9.62. The van der Waals surface area contributed by atoms with E-state index in [-0.39, 0.29) is 36.6 Å². The van der Waals surface area contributed by atoms with E-state index >= 15 is 0 Å². The van der Waals surface area contributed by atoms with Crippen molar-refractivity contribution in [3.8, 4) is 6.07 Å². The van der Waals surface area contributed by atoms with Crippen LogP contribution >= 0.6 is 0 Å². The van der Waals surface area contributed by atoms with Crippen LogP contribution in [-0.4, -0.2) is 29.1 Å². The second kappa shape index (κ2) is 8.16. The van der Waals surface area contributed by atoms with Gasteiger partial charge in [-0.25, -0.2) is 13.6 Å². The second-order valence-corrected chi connectivity index (χ2v) is 7.09. The first-order chi connectivity index (χ1) is 14.9. The first kappa shape index (κ1) is 20.5. The fraction of sp³-hybridized carbons (Fsp3) is 0.227. The molecule has 1 aliphatic heterocycles. The molecule has 31 heavy (non-hydrogen) atoms. The zero-order chi connectivity index (χ0) is 22.1. The lowest BCUT2D eigenvalue weighted by atomic mass is 9.95. The number of carbonyl (C=O) groups excluding carboxylic acids is 1. The highest BCUT2D eigenvalue weighted by Crippen LogP contribution is 2.34. The van der Waals surface area contributed by atoms with Crippen molar-refractivity contribution in [2.45, 2.75) is 19.6 Å². The molecule has 2 heterocycles. The standard InChI is InChI=1S/C22H18F2N4O3/c1-2-28(22(30)26-14-4-6-17(24)12(7-14)9-25)19-11-31-10-18-20(19)16-8-13(23)3-5-15(16)21(29)27-18/h3-8,19H,2,10-11H2,1H3,(H,26,30)(H,27,29). The summed E-state index contributed by atoms with van der Waals surface area (Å²) in [5.74, 6) is -1.17. The Labute approximate surface area is 175 Å². The summed E-state index contributed by atoms with van der Waals surface area (Å²) >= 11 is 0. The van der Waals surface area contributed by atoms with Gasteiger partial charge in [0.25, 0.3) is 5.56 Å². The van der Waals surface area contributed by atoms with Gasteiger partial charge < -0.3 is 19.9 Å². The molecule has 2 N–H and O–H groups in total. The number of hydrogen-bond acceptors (Lipinski definition) is 4. The predicted octanol–water partition coefficient (Wildman–Crippen LogP) is 3.80. The van der Waals surface area contributed by atoms with Crippen LogP contribution in [0.15, 0.2) is 41.2 Å². The lowest BCUT2D eigenvalue weighted by molar-refractivity contribution is 0.0471. The van der Waals surface area contributed by atoms with Crippen molar-refractivity contribution in [2.75, 3.05) is 18.5 Å². The summed E-state index contributed by atoms with van der Waals surface area (Å²) in [6.45, 7) is 2.34. The largest absolute Gasteiger partial charge is 0.373 e. The molecule has 0 aliphatic carbocycles. The Morgan fingerprint density at radius 2 is 2.10 bits per heavy atom. The molecular weight excluding hydrogens is 406 g/mol. The molecule has 0 bridgehead atoms. The lowest BCUT2D eigenvalue weighted by Gasteiger charge is -2.35. The third kappa shape index (κ3) is 3.73. The van der Waals surface area contributed by atoms with Crippen molar-refractivity contribution < 1.29 is 18.3 Å². The van der Waals surface area contributed by atoms with E-state index in [0.29, 0.717) is 22.0 Å². The molecule has 7 nitrogen and oxygen atoms in total. The number of H-pyrrole nitrogens is 1. The van der Waals surface area contributed by atoms with Gasteiger partial charge in [0.1, 0.15) is 17.7 Å². The number of pyridine rings is 1. The van der Waals surface area contributed by atoms with Crippen molar-refractivity contribution in [1.82, 2.24) is 9.88 Å². The summed E-state index contributed by atoms with van der Waals surface area (Å²) in [7, 11) is 0. The van der Waals surface area contributed by atoms with Crippen LogP contribution in [0.4, 0.5) is 19.3 Å². The van der Waals surface area contributed by atoms with Crippen LogP contribution in [0.5, 0.6) is 0 Å². The quantitative estimate of drug-likeness (QED) is 0.668. The number of rotatable bonds is 3. The summed E-state index contributed by atoms with van der Waals surface area (Å²) in [6, 6.07) is 8.24. The average molecular weight is 424 g/mol. The molecule has 0 radical (unpaired) electrons. The topological polar surface area (TPSA) is 98.2 Å². The number of nitriles is 1. The highest BCUT2D eigenvalue weighted by Gasteiger charge is 2.32. The van der Waals surface area contributed by atoms with Crippen LogP contribution in [-0.2, 0) is 11.3 Å². The third-order valence-electron chi connectivity index (χ3n) is 5.28. The van der Waals surface area contributed by atoms with Gasteiger partial charge >= 0.3 is 6.03 Å². The Balaban J connectivity index is 1.74. The number of halogens is 2. The minimum atomic E-state index is -0.681. The number of carbonyl (C=O) groups is 1. The molecular formula is C22H18F2N4O3. The van der Waals surface area contributed by atoms with E-state index in [2.05, 4.69) is 10.3 Å². The normalized spacial score (nSPS) is 15.2. The first-order valence-electron chi connectivity index (χ1n) is 9.62. The number of aromatic amines is 1. The van der Waals surface area contributed by atoms with E-state index in [9.17, 15) is 18.4 Å². The molecule has 2 aromatic carbocycles. The molecule has 0 spiro atoms. The van der Waals surface area contributed by atoms with Gasteiger partial charge in [-0.2, -0.15) is 5.26 Å². The molecule has 0 saturated heterocycles. The molecule has 3 aromatic rings. The zero-order valence-corrected chi connectivity index (χ0v) is 16.5. The van der Waals surface area contributed by atoms with Gasteiger partial charge in [-0.1, -0.05) is 0 Å². The van der Waals surface area contributed by atoms with E-state index < -0.39 is 23.7 Å². The number of amides is 2. The maximum atomic E-state index is 14.0. The smallest absolute Gasteiger partial charge is 0.322 e. The number of fused-ring (bicyclic) bond motifs is 3. The monoisotopic (exact) mass is 424 g/mol. The van der Waals surface area contributed by atoms with Crippen molar-refractivity contribution in [3.05, 3.63) is 75.2 Å². The number of ether oxygens (including phenoxy) is 1. The Morgan fingerprint density at radius 1 is 1.29 bits per heavy atom. The predicted molar refractivity (Wildman–Crippen MR) is 109 cm³/mol.